The van der Waals surface area contributed by atoms with Crippen molar-refractivity contribution in [1.29, 1.82) is 0 Å². The van der Waals surface area contributed by atoms with Crippen LogP contribution in [0.1, 0.15) is 31.9 Å². The summed E-state index contributed by atoms with van der Waals surface area (Å²) in [6.45, 7) is 8.23. The van der Waals surface area contributed by atoms with Gasteiger partial charge >= 0.3 is 6.01 Å². The first-order valence-electron chi connectivity index (χ1n) is 8.65. The molecule has 2 aromatic carbocycles. The van der Waals surface area contributed by atoms with Crippen LogP contribution in [-0.2, 0) is 5.41 Å². The fourth-order valence-corrected chi connectivity index (χ4v) is 3.40. The summed E-state index contributed by atoms with van der Waals surface area (Å²) in [4.78, 5) is 4.28. The second-order valence-corrected chi connectivity index (χ2v) is 8.08. The molecule has 2 N–H and O–H groups in total. The number of benzene rings is 2. The molecule has 0 spiro atoms. The Balaban J connectivity index is 1.90. The molecule has 7 heteroatoms. The van der Waals surface area contributed by atoms with Gasteiger partial charge in [-0.15, -0.1) is 0 Å². The average Bonchev–Trinajstić information content (AvgIpc) is 3.22. The van der Waals surface area contributed by atoms with E-state index in [1.807, 2.05) is 31.2 Å². The van der Waals surface area contributed by atoms with Gasteiger partial charge in [0.15, 0.2) is 0 Å². The normalized spacial score (nSPS) is 13.7. The van der Waals surface area contributed by atoms with Crippen LogP contribution in [0, 0.1) is 6.92 Å². The lowest BCUT2D eigenvalue weighted by Gasteiger charge is -2.31. The smallest absolute Gasteiger partial charge is 0.323 e. The Morgan fingerprint density at radius 3 is 2.59 bits per heavy atom. The molecular formula is C20H21ClN4O2. The number of rotatable bonds is 2. The molecule has 0 bridgehead atoms. The topological polar surface area (TPSA) is 64.8 Å². The zero-order valence-corrected chi connectivity index (χ0v) is 16.4. The standard InChI is InChI=1S/C20H21ClN4O2/c1-12-9-14(20(2,3)4)18(26)17(10-12)25-23-15-11-13(21)5-6-16(15)24(25)19-22-7-8-27-19/h5-11,23,26H,1-4H3. The fourth-order valence-electron chi connectivity index (χ4n) is 3.22. The molecule has 140 valence electrons. The van der Waals surface area contributed by atoms with Gasteiger partial charge in [-0.25, -0.2) is 4.98 Å². The first kappa shape index (κ1) is 17.5. The Bertz CT molecular complexity index is 996. The van der Waals surface area contributed by atoms with Gasteiger partial charge in [-0.1, -0.05) is 38.4 Å². The number of oxazole rings is 1. The van der Waals surface area contributed by atoms with E-state index in [1.165, 1.54) is 6.26 Å². The molecule has 1 aliphatic rings. The molecule has 0 radical (unpaired) electrons. The van der Waals surface area contributed by atoms with Crippen molar-refractivity contribution < 1.29 is 9.52 Å². The number of hydrazine groups is 2. The maximum Gasteiger partial charge on any atom is 0.323 e. The van der Waals surface area contributed by atoms with Gasteiger partial charge in [0.25, 0.3) is 0 Å². The van der Waals surface area contributed by atoms with Crippen molar-refractivity contribution in [2.75, 3.05) is 15.6 Å². The quantitative estimate of drug-likeness (QED) is 0.604. The molecular weight excluding hydrogens is 364 g/mol. The van der Waals surface area contributed by atoms with Crippen molar-refractivity contribution in [2.45, 2.75) is 33.1 Å². The minimum Gasteiger partial charge on any atom is -0.505 e. The number of nitrogens with one attached hydrogen (secondary N) is 1. The molecule has 0 atom stereocenters. The number of aromatic hydroxyl groups is 1. The largest absolute Gasteiger partial charge is 0.505 e. The van der Waals surface area contributed by atoms with E-state index in [-0.39, 0.29) is 11.2 Å². The lowest BCUT2D eigenvalue weighted by Crippen LogP contribution is -2.39. The third-order valence-corrected chi connectivity index (χ3v) is 4.72. The highest BCUT2D eigenvalue weighted by Gasteiger charge is 2.35. The van der Waals surface area contributed by atoms with Gasteiger partial charge in [-0.05, 0) is 42.2 Å². The summed E-state index contributed by atoms with van der Waals surface area (Å²) < 4.78 is 5.54. The lowest BCUT2D eigenvalue weighted by atomic mass is 9.85. The molecule has 1 aliphatic heterocycles. The minimum absolute atomic E-state index is 0.205. The molecule has 0 aliphatic carbocycles. The van der Waals surface area contributed by atoms with Gasteiger partial charge < -0.3 is 9.52 Å². The van der Waals surface area contributed by atoms with E-state index in [0.717, 1.165) is 22.5 Å². The second-order valence-electron chi connectivity index (χ2n) is 7.64. The number of halogens is 1. The molecule has 0 saturated carbocycles. The van der Waals surface area contributed by atoms with Gasteiger partial charge in [0, 0.05) is 10.6 Å². The number of phenolic OH excluding ortho intramolecular Hbond substituents is 1. The van der Waals surface area contributed by atoms with E-state index >= 15 is 0 Å². The molecule has 6 nitrogen and oxygen atoms in total. The maximum absolute atomic E-state index is 11.1. The number of hydrogen-bond acceptors (Lipinski definition) is 6. The predicted molar refractivity (Wildman–Crippen MR) is 108 cm³/mol. The highest BCUT2D eigenvalue weighted by atomic mass is 35.5. The Kier molecular flexibility index (Phi) is 3.96. The van der Waals surface area contributed by atoms with Gasteiger partial charge in [-0.3, -0.25) is 5.43 Å². The van der Waals surface area contributed by atoms with Crippen LogP contribution in [0.25, 0.3) is 0 Å². The van der Waals surface area contributed by atoms with Gasteiger partial charge in [0.1, 0.15) is 17.7 Å². The minimum atomic E-state index is -0.214. The first-order valence-corrected chi connectivity index (χ1v) is 9.03. The van der Waals surface area contributed by atoms with Crippen LogP contribution >= 0.6 is 11.6 Å². The predicted octanol–water partition coefficient (Wildman–Crippen LogP) is 5.54. The van der Waals surface area contributed by atoms with Crippen LogP contribution < -0.4 is 15.6 Å². The Morgan fingerprint density at radius 2 is 1.93 bits per heavy atom. The molecule has 0 fully saturated rings. The average molecular weight is 385 g/mol. The number of aryl methyl sites for hydroxylation is 1. The number of fused-ring (bicyclic) bond motifs is 1. The summed E-state index contributed by atoms with van der Waals surface area (Å²) in [6.07, 6.45) is 3.09. The fraction of sp³-hybridized carbons (Fsp3) is 0.250. The molecule has 0 amide bonds. The zero-order chi connectivity index (χ0) is 19.3. The summed E-state index contributed by atoms with van der Waals surface area (Å²) in [7, 11) is 0. The van der Waals surface area contributed by atoms with E-state index < -0.39 is 0 Å². The Morgan fingerprint density at radius 1 is 1.15 bits per heavy atom. The van der Waals surface area contributed by atoms with Crippen LogP contribution in [0.4, 0.5) is 23.1 Å². The van der Waals surface area contributed by atoms with Gasteiger partial charge in [-0.2, -0.15) is 10.1 Å². The second kappa shape index (κ2) is 6.09. The maximum atomic E-state index is 11.1. The summed E-state index contributed by atoms with van der Waals surface area (Å²) in [5.41, 5.74) is 7.19. The van der Waals surface area contributed by atoms with E-state index in [9.17, 15) is 5.11 Å². The van der Waals surface area contributed by atoms with Crippen molar-refractivity contribution in [3.63, 3.8) is 0 Å². The number of nitrogens with zero attached hydrogens (tertiary/aromatic N) is 3. The van der Waals surface area contributed by atoms with Crippen molar-refractivity contribution in [2.24, 2.45) is 0 Å². The highest BCUT2D eigenvalue weighted by molar-refractivity contribution is 6.31. The van der Waals surface area contributed by atoms with Crippen molar-refractivity contribution in [3.05, 3.63) is 58.9 Å². The summed E-state index contributed by atoms with van der Waals surface area (Å²) in [6, 6.07) is 9.81. The van der Waals surface area contributed by atoms with E-state index in [2.05, 4.69) is 31.2 Å². The van der Waals surface area contributed by atoms with Crippen LogP contribution in [0.5, 0.6) is 5.75 Å². The van der Waals surface area contributed by atoms with Crippen LogP contribution in [0.2, 0.25) is 5.02 Å². The molecule has 0 unspecified atom stereocenters. The Labute approximate surface area is 162 Å². The van der Waals surface area contributed by atoms with Crippen molar-refractivity contribution in [3.8, 4) is 5.75 Å². The van der Waals surface area contributed by atoms with Crippen molar-refractivity contribution in [1.82, 2.24) is 4.98 Å². The first-order chi connectivity index (χ1) is 12.8. The molecule has 27 heavy (non-hydrogen) atoms. The molecule has 0 saturated heterocycles. The third-order valence-electron chi connectivity index (χ3n) is 4.48. The summed E-state index contributed by atoms with van der Waals surface area (Å²) in [5.74, 6) is 0.205. The van der Waals surface area contributed by atoms with Gasteiger partial charge in [0.2, 0.25) is 0 Å². The SMILES string of the molecule is Cc1cc(N2Nc3cc(Cl)ccc3N2c2ncco2)c(O)c(C(C)(C)C)c1. The van der Waals surface area contributed by atoms with E-state index in [1.54, 1.807) is 22.4 Å². The molecule has 4 rings (SSSR count). The van der Waals surface area contributed by atoms with Crippen LogP contribution in [0.15, 0.2) is 47.2 Å². The molecule has 1 aromatic heterocycles. The molecule has 2 heterocycles. The van der Waals surface area contributed by atoms with E-state index in [4.69, 9.17) is 16.0 Å². The number of phenols is 1. The van der Waals surface area contributed by atoms with Crippen molar-refractivity contribution >= 4 is 34.7 Å². The van der Waals surface area contributed by atoms with E-state index in [0.29, 0.717) is 16.7 Å². The summed E-state index contributed by atoms with van der Waals surface area (Å²) >= 11 is 6.17. The van der Waals surface area contributed by atoms with Gasteiger partial charge in [0.05, 0.1) is 17.6 Å². The zero-order valence-electron chi connectivity index (χ0n) is 15.6. The number of hydrogen-bond donors (Lipinski definition) is 2. The lowest BCUT2D eigenvalue weighted by molar-refractivity contribution is 0.446. The number of anilines is 4. The van der Waals surface area contributed by atoms with Crippen LogP contribution in [-0.4, -0.2) is 10.1 Å². The number of aromatic nitrogens is 1. The third kappa shape index (κ3) is 2.96. The van der Waals surface area contributed by atoms with Crippen LogP contribution in [0.3, 0.4) is 0 Å². The monoisotopic (exact) mass is 384 g/mol. The summed E-state index contributed by atoms with van der Waals surface area (Å²) in [5, 5.41) is 15.2. The Hall–Kier alpha value is -2.86. The highest BCUT2D eigenvalue weighted by Crippen LogP contribution is 2.46. The molecule has 3 aromatic rings.